The van der Waals surface area contributed by atoms with Gasteiger partial charge in [0.2, 0.25) is 0 Å². The number of carbonyl (C=O) groups excluding carboxylic acids is 3. The zero-order valence-electron chi connectivity index (χ0n) is 21.5. The Balaban J connectivity index is 0.000000714. The number of nitrogens with two attached hydrogens (primary N) is 1. The normalized spacial score (nSPS) is 20.2. The van der Waals surface area contributed by atoms with E-state index in [2.05, 4.69) is 26.1 Å². The number of hydrogen-bond donors (Lipinski definition) is 4. The van der Waals surface area contributed by atoms with Gasteiger partial charge in [0.05, 0.1) is 11.7 Å². The quantitative estimate of drug-likeness (QED) is 0.0924. The van der Waals surface area contributed by atoms with Gasteiger partial charge in [-0.25, -0.2) is 4.98 Å². The SMILES string of the molecule is CO/N=C(/C(=O)N[C@H]1C(=O)N2C(C(=O)[O-])=C(C[n+]3cccc4c3CCCC4)CS[C@@H]12)c1csc(N)n1.O=S(=O)(O)O. The van der Waals surface area contributed by atoms with Crippen LogP contribution in [0.5, 0.6) is 0 Å². The Morgan fingerprint density at radius 3 is 2.68 bits per heavy atom. The van der Waals surface area contributed by atoms with Gasteiger partial charge in [0.15, 0.2) is 29.3 Å². The van der Waals surface area contributed by atoms with Crippen molar-refractivity contribution in [2.24, 2.45) is 5.16 Å². The highest BCUT2D eigenvalue weighted by atomic mass is 32.3. The number of nitrogen functional groups attached to an aromatic ring is 1. The summed E-state index contributed by atoms with van der Waals surface area (Å²) in [6, 6.07) is 3.16. The molecule has 5 N–H and O–H groups in total. The fourth-order valence-corrected chi connectivity index (χ4v) is 6.71. The Labute approximate surface area is 242 Å². The summed E-state index contributed by atoms with van der Waals surface area (Å²) in [7, 11) is -3.38. The van der Waals surface area contributed by atoms with Gasteiger partial charge < -0.3 is 25.8 Å². The number of nitrogens with one attached hydrogen (secondary N) is 1. The molecular formula is C23H26N6O9S3. The third kappa shape index (κ3) is 7.02. The number of carboxylic acids is 1. The molecule has 41 heavy (non-hydrogen) atoms. The van der Waals surface area contributed by atoms with Crippen molar-refractivity contribution in [3.05, 3.63) is 51.9 Å². The second-order valence-electron chi connectivity index (χ2n) is 9.06. The van der Waals surface area contributed by atoms with E-state index in [1.54, 1.807) is 5.38 Å². The largest absolute Gasteiger partial charge is 0.543 e. The van der Waals surface area contributed by atoms with Crippen molar-refractivity contribution >= 4 is 62.1 Å². The summed E-state index contributed by atoms with van der Waals surface area (Å²) in [6.45, 7) is 0.364. The summed E-state index contributed by atoms with van der Waals surface area (Å²) < 4.78 is 33.7. The van der Waals surface area contributed by atoms with Gasteiger partial charge in [0.25, 0.3) is 11.8 Å². The van der Waals surface area contributed by atoms with E-state index in [1.165, 1.54) is 35.0 Å². The molecule has 2 aromatic heterocycles. The Hall–Kier alpha value is -3.58. The number of nitrogens with zero attached hydrogens (tertiary/aromatic N) is 4. The van der Waals surface area contributed by atoms with Crippen molar-refractivity contribution in [3.63, 3.8) is 0 Å². The van der Waals surface area contributed by atoms with Crippen molar-refractivity contribution in [2.45, 2.75) is 43.6 Å². The van der Waals surface area contributed by atoms with Crippen LogP contribution in [0.1, 0.15) is 29.8 Å². The molecule has 0 spiro atoms. The molecule has 5 rings (SSSR count). The highest BCUT2D eigenvalue weighted by Gasteiger charge is 2.53. The summed E-state index contributed by atoms with van der Waals surface area (Å²) in [5.41, 5.74) is 8.72. The van der Waals surface area contributed by atoms with Crippen LogP contribution in [0.15, 0.2) is 40.1 Å². The van der Waals surface area contributed by atoms with Crippen molar-refractivity contribution in [3.8, 4) is 0 Å². The third-order valence-corrected chi connectivity index (χ3v) is 8.45. The van der Waals surface area contributed by atoms with Gasteiger partial charge in [-0.1, -0.05) is 5.16 Å². The van der Waals surface area contributed by atoms with Crippen LogP contribution in [-0.2, 0) is 49.0 Å². The number of hydrogen-bond acceptors (Lipinski definition) is 12. The highest BCUT2D eigenvalue weighted by molar-refractivity contribution is 8.00. The first-order valence-electron chi connectivity index (χ1n) is 12.1. The second kappa shape index (κ2) is 12.5. The molecule has 1 saturated heterocycles. The number of carboxylic acid groups (broad SMARTS) is 1. The standard InChI is InChI=1S/C23H24N6O5S2.H2O4S/c1-34-27-16(14-11-36-23(24)25-14)19(30)26-17-20(31)29-18(22(32)33)13(10-35-21(17)29)9-28-8-4-6-12-5-2-3-7-15(12)28;1-5(2,3)4/h4,6,8,11,17,21H,2-3,5,7,9-10H2,1H3,(H3-,24,25,26,30,32,33);(H2,1,2,3,4)/b27-16+;/t17-,21-;/m0./s1. The van der Waals surface area contributed by atoms with E-state index in [-0.39, 0.29) is 22.2 Å². The number of aliphatic carboxylic acids is 1. The monoisotopic (exact) mass is 626 g/mol. The maximum atomic E-state index is 13.1. The number of β-lactam (4-membered cyclic amide) rings is 1. The van der Waals surface area contributed by atoms with Gasteiger partial charge in [0, 0.05) is 34.8 Å². The topological polar surface area (TPSA) is 229 Å². The Morgan fingerprint density at radius 1 is 1.34 bits per heavy atom. The van der Waals surface area contributed by atoms with Gasteiger partial charge in [-0.2, -0.15) is 13.0 Å². The first-order valence-corrected chi connectivity index (χ1v) is 15.4. The molecule has 0 bridgehead atoms. The predicted molar refractivity (Wildman–Crippen MR) is 145 cm³/mol. The summed E-state index contributed by atoms with van der Waals surface area (Å²) in [5, 5.41) is 19.8. The number of aryl methyl sites for hydroxylation is 1. The van der Waals surface area contributed by atoms with E-state index < -0.39 is 39.6 Å². The Bertz CT molecular complexity index is 1530. The molecule has 1 fully saturated rings. The number of thiazole rings is 1. The highest BCUT2D eigenvalue weighted by Crippen LogP contribution is 2.40. The van der Waals surface area contributed by atoms with Crippen molar-refractivity contribution in [1.29, 1.82) is 0 Å². The summed E-state index contributed by atoms with van der Waals surface area (Å²) in [5.74, 6) is -2.20. The molecule has 4 heterocycles. The maximum Gasteiger partial charge on any atom is 0.394 e. The molecule has 18 heteroatoms. The van der Waals surface area contributed by atoms with Gasteiger partial charge in [-0.3, -0.25) is 23.6 Å². The fraction of sp³-hybridized carbons (Fsp3) is 0.391. The molecule has 0 radical (unpaired) electrons. The van der Waals surface area contributed by atoms with Gasteiger partial charge in [0.1, 0.15) is 24.2 Å². The lowest BCUT2D eigenvalue weighted by Gasteiger charge is -2.50. The number of rotatable bonds is 7. The minimum absolute atomic E-state index is 0.117. The smallest absolute Gasteiger partial charge is 0.394 e. The number of anilines is 1. The number of carbonyl (C=O) groups is 3. The van der Waals surface area contributed by atoms with Crippen molar-refractivity contribution in [1.82, 2.24) is 15.2 Å². The molecule has 15 nitrogen and oxygen atoms in total. The lowest BCUT2D eigenvalue weighted by Crippen LogP contribution is -2.71. The molecule has 0 aromatic carbocycles. The van der Waals surface area contributed by atoms with E-state index in [4.69, 9.17) is 28.1 Å². The maximum absolute atomic E-state index is 13.1. The van der Waals surface area contributed by atoms with Crippen molar-refractivity contribution < 1.29 is 46.4 Å². The third-order valence-electron chi connectivity index (χ3n) is 6.44. The zero-order valence-corrected chi connectivity index (χ0v) is 24.0. The van der Waals surface area contributed by atoms with E-state index in [0.29, 0.717) is 17.9 Å². The summed E-state index contributed by atoms with van der Waals surface area (Å²) in [6.07, 6.45) is 6.13. The fourth-order valence-electron chi connectivity index (χ4n) is 4.82. The number of oxime groups is 1. The van der Waals surface area contributed by atoms with Crippen LogP contribution in [-0.4, -0.2) is 75.2 Å². The van der Waals surface area contributed by atoms with Gasteiger partial charge >= 0.3 is 10.4 Å². The number of thioether (sulfide) groups is 1. The lowest BCUT2D eigenvalue weighted by molar-refractivity contribution is -0.697. The number of pyridine rings is 1. The van der Waals surface area contributed by atoms with E-state index >= 15 is 0 Å². The minimum Gasteiger partial charge on any atom is -0.543 e. The van der Waals surface area contributed by atoms with Crippen LogP contribution < -0.4 is 20.7 Å². The molecule has 0 saturated carbocycles. The molecule has 2 amide bonds. The molecule has 2 atom stereocenters. The predicted octanol–water partition coefficient (Wildman–Crippen LogP) is -1.31. The molecule has 3 aliphatic rings. The van der Waals surface area contributed by atoms with Crippen LogP contribution in [0.25, 0.3) is 0 Å². The molecule has 220 valence electrons. The van der Waals surface area contributed by atoms with Crippen LogP contribution >= 0.6 is 23.1 Å². The first-order chi connectivity index (χ1) is 19.4. The summed E-state index contributed by atoms with van der Waals surface area (Å²) >= 11 is 2.54. The Morgan fingerprint density at radius 2 is 2.05 bits per heavy atom. The van der Waals surface area contributed by atoms with E-state index in [1.807, 2.05) is 12.3 Å². The molecule has 1 aliphatic carbocycles. The first kappa shape index (κ1) is 30.4. The van der Waals surface area contributed by atoms with Gasteiger partial charge in [-0.05, 0) is 25.3 Å². The number of aromatic nitrogens is 2. The zero-order chi connectivity index (χ0) is 29.9. The van der Waals surface area contributed by atoms with Crippen LogP contribution in [0.3, 0.4) is 0 Å². The van der Waals surface area contributed by atoms with E-state index in [9.17, 15) is 19.5 Å². The molecule has 0 unspecified atom stereocenters. The molecule has 2 aliphatic heterocycles. The average molecular weight is 627 g/mol. The summed E-state index contributed by atoms with van der Waals surface area (Å²) in [4.78, 5) is 48.2. The number of amides is 2. The number of fused-ring (bicyclic) bond motifs is 2. The minimum atomic E-state index is -4.67. The molecular weight excluding hydrogens is 600 g/mol. The van der Waals surface area contributed by atoms with Crippen LogP contribution in [0.2, 0.25) is 0 Å². The van der Waals surface area contributed by atoms with Crippen molar-refractivity contribution in [2.75, 3.05) is 18.6 Å². The second-order valence-corrected chi connectivity index (χ2v) is 11.9. The average Bonchev–Trinajstić information content (AvgIpc) is 3.34. The Kier molecular flexibility index (Phi) is 9.27. The van der Waals surface area contributed by atoms with Crippen LogP contribution in [0, 0.1) is 0 Å². The van der Waals surface area contributed by atoms with Crippen LogP contribution in [0.4, 0.5) is 5.13 Å². The van der Waals surface area contributed by atoms with E-state index in [0.717, 1.165) is 37.0 Å². The lowest BCUT2D eigenvalue weighted by atomic mass is 9.95. The molecule has 2 aromatic rings. The van der Waals surface area contributed by atoms with Gasteiger partial charge in [-0.15, -0.1) is 23.1 Å².